The van der Waals surface area contributed by atoms with Crippen LogP contribution in [-0.4, -0.2) is 48.2 Å². The Labute approximate surface area is 123 Å². The van der Waals surface area contributed by atoms with Crippen LogP contribution in [0, 0.1) is 5.82 Å². The van der Waals surface area contributed by atoms with Gasteiger partial charge in [0.25, 0.3) is 5.91 Å². The van der Waals surface area contributed by atoms with E-state index < -0.39 is 11.8 Å². The van der Waals surface area contributed by atoms with Crippen LogP contribution < -0.4 is 0 Å². The van der Waals surface area contributed by atoms with Crippen molar-refractivity contribution in [3.8, 4) is 0 Å². The number of carboxylic acid groups (broad SMARTS) is 1. The molecule has 0 aliphatic heterocycles. The highest BCUT2D eigenvalue weighted by molar-refractivity contribution is 5.94. The molecule has 0 aliphatic rings. The van der Waals surface area contributed by atoms with Gasteiger partial charge in [-0.3, -0.25) is 9.59 Å². The molecule has 0 saturated carbocycles. The Bertz CT molecular complexity index is 461. The fourth-order valence-electron chi connectivity index (χ4n) is 1.82. The number of benzene rings is 1. The highest BCUT2D eigenvalue weighted by Gasteiger charge is 2.16. The second kappa shape index (κ2) is 9.07. The van der Waals surface area contributed by atoms with Crippen LogP contribution in [0.5, 0.6) is 0 Å². The summed E-state index contributed by atoms with van der Waals surface area (Å²) in [4.78, 5) is 24.4. The number of hydrogen-bond donors (Lipinski definition) is 1. The number of carboxylic acids is 1. The van der Waals surface area contributed by atoms with Crippen molar-refractivity contribution in [2.75, 3.05) is 26.3 Å². The minimum absolute atomic E-state index is 0.123. The van der Waals surface area contributed by atoms with Crippen LogP contribution in [0.15, 0.2) is 24.3 Å². The van der Waals surface area contributed by atoms with Crippen LogP contribution in [0.2, 0.25) is 0 Å². The van der Waals surface area contributed by atoms with Gasteiger partial charge in [0.05, 0.1) is 6.42 Å². The minimum atomic E-state index is -0.961. The Balaban J connectivity index is 2.66. The smallest absolute Gasteiger partial charge is 0.305 e. The number of ether oxygens (including phenoxy) is 1. The first-order chi connectivity index (χ1) is 10.0. The molecule has 0 bridgehead atoms. The van der Waals surface area contributed by atoms with Gasteiger partial charge in [0.1, 0.15) is 5.82 Å². The van der Waals surface area contributed by atoms with Crippen molar-refractivity contribution < 1.29 is 23.8 Å². The number of hydrogen-bond acceptors (Lipinski definition) is 3. The number of nitrogens with zero attached hydrogens (tertiary/aromatic N) is 1. The number of carbonyl (C=O) groups excluding carboxylic acids is 1. The van der Waals surface area contributed by atoms with Crippen molar-refractivity contribution in [2.24, 2.45) is 0 Å². The Morgan fingerprint density at radius 1 is 1.24 bits per heavy atom. The molecule has 0 spiro atoms. The number of rotatable bonds is 9. The molecule has 1 aromatic carbocycles. The van der Waals surface area contributed by atoms with Crippen LogP contribution in [-0.2, 0) is 9.53 Å². The summed E-state index contributed by atoms with van der Waals surface area (Å²) in [6.07, 6.45) is 0.502. The molecule has 1 N–H and O–H groups in total. The van der Waals surface area contributed by atoms with Crippen LogP contribution in [0.25, 0.3) is 0 Å². The Hall–Kier alpha value is -1.95. The molecule has 1 aromatic rings. The lowest BCUT2D eigenvalue weighted by Crippen LogP contribution is -2.34. The largest absolute Gasteiger partial charge is 0.481 e. The van der Waals surface area contributed by atoms with Crippen molar-refractivity contribution in [3.05, 3.63) is 35.6 Å². The summed E-state index contributed by atoms with van der Waals surface area (Å²) < 4.78 is 18.1. The molecule has 0 unspecified atom stereocenters. The van der Waals surface area contributed by atoms with Gasteiger partial charge in [0.15, 0.2) is 0 Å². The topological polar surface area (TPSA) is 66.8 Å². The van der Waals surface area contributed by atoms with Crippen LogP contribution in [0.1, 0.15) is 30.1 Å². The number of aliphatic carboxylic acids is 1. The summed E-state index contributed by atoms with van der Waals surface area (Å²) in [5.41, 5.74) is 0.346. The summed E-state index contributed by atoms with van der Waals surface area (Å²) in [6, 6.07) is 5.22. The number of carbonyl (C=O) groups is 2. The van der Waals surface area contributed by atoms with Gasteiger partial charge >= 0.3 is 5.97 Å². The lowest BCUT2D eigenvalue weighted by molar-refractivity contribution is -0.137. The maximum absolute atomic E-state index is 12.9. The first-order valence-corrected chi connectivity index (χ1v) is 6.89. The SMILES string of the molecule is CCOCCCN(CCC(=O)O)C(=O)c1ccc(F)cc1. The van der Waals surface area contributed by atoms with E-state index in [1.807, 2.05) is 6.92 Å². The molecule has 0 heterocycles. The molecule has 0 aliphatic carbocycles. The normalized spacial score (nSPS) is 10.4. The van der Waals surface area contributed by atoms with Crippen molar-refractivity contribution in [3.63, 3.8) is 0 Å². The molecule has 0 atom stereocenters. The van der Waals surface area contributed by atoms with E-state index in [0.29, 0.717) is 31.7 Å². The van der Waals surface area contributed by atoms with E-state index >= 15 is 0 Å². The van der Waals surface area contributed by atoms with Gasteiger partial charge in [-0.2, -0.15) is 0 Å². The first-order valence-electron chi connectivity index (χ1n) is 6.89. The molecule has 5 nitrogen and oxygen atoms in total. The summed E-state index contributed by atoms with van der Waals surface area (Å²) >= 11 is 0. The van der Waals surface area contributed by atoms with E-state index in [1.165, 1.54) is 29.2 Å². The molecule has 116 valence electrons. The molecular formula is C15H20FNO4. The monoisotopic (exact) mass is 297 g/mol. The molecule has 1 rings (SSSR count). The molecule has 0 aromatic heterocycles. The van der Waals surface area contributed by atoms with Crippen LogP contribution >= 0.6 is 0 Å². The van der Waals surface area contributed by atoms with E-state index in [1.54, 1.807) is 0 Å². The van der Waals surface area contributed by atoms with E-state index in [9.17, 15) is 14.0 Å². The summed E-state index contributed by atoms with van der Waals surface area (Å²) in [7, 11) is 0. The zero-order valence-electron chi connectivity index (χ0n) is 12.0. The predicted octanol–water partition coefficient (Wildman–Crippen LogP) is 2.17. The summed E-state index contributed by atoms with van der Waals surface area (Å²) in [5, 5.41) is 8.75. The lowest BCUT2D eigenvalue weighted by Gasteiger charge is -2.22. The van der Waals surface area contributed by atoms with Crippen molar-refractivity contribution in [1.29, 1.82) is 0 Å². The van der Waals surface area contributed by atoms with Crippen molar-refractivity contribution in [1.82, 2.24) is 4.90 Å². The number of amides is 1. The minimum Gasteiger partial charge on any atom is -0.481 e. The molecule has 21 heavy (non-hydrogen) atoms. The average molecular weight is 297 g/mol. The zero-order valence-corrected chi connectivity index (χ0v) is 12.0. The molecule has 6 heteroatoms. The van der Waals surface area contributed by atoms with E-state index in [-0.39, 0.29) is 18.9 Å². The van der Waals surface area contributed by atoms with Gasteiger partial charge in [0, 0.05) is 31.9 Å². The van der Waals surface area contributed by atoms with Gasteiger partial charge in [-0.1, -0.05) is 0 Å². The van der Waals surface area contributed by atoms with Crippen molar-refractivity contribution in [2.45, 2.75) is 19.8 Å². The third kappa shape index (κ3) is 6.35. The standard InChI is InChI=1S/C15H20FNO4/c1-2-21-11-3-9-17(10-8-14(18)19)15(20)12-4-6-13(16)7-5-12/h4-7H,2-3,8-11H2,1H3,(H,18,19). The highest BCUT2D eigenvalue weighted by atomic mass is 19.1. The van der Waals surface area contributed by atoms with Gasteiger partial charge in [-0.05, 0) is 37.6 Å². The molecule has 0 radical (unpaired) electrons. The molecular weight excluding hydrogens is 277 g/mol. The maximum atomic E-state index is 12.9. The summed E-state index contributed by atoms with van der Waals surface area (Å²) in [6.45, 7) is 3.52. The number of halogens is 1. The molecule has 0 fully saturated rings. The first kappa shape index (κ1) is 17.1. The third-order valence-electron chi connectivity index (χ3n) is 2.89. The van der Waals surface area contributed by atoms with Crippen molar-refractivity contribution >= 4 is 11.9 Å². The fraction of sp³-hybridized carbons (Fsp3) is 0.467. The Morgan fingerprint density at radius 2 is 1.90 bits per heavy atom. The van der Waals surface area contributed by atoms with E-state index in [2.05, 4.69) is 0 Å². The maximum Gasteiger partial charge on any atom is 0.305 e. The van der Waals surface area contributed by atoms with Crippen LogP contribution in [0.4, 0.5) is 4.39 Å². The Kier molecular flexibility index (Phi) is 7.39. The second-order valence-electron chi connectivity index (χ2n) is 4.49. The van der Waals surface area contributed by atoms with Gasteiger partial charge in [0.2, 0.25) is 0 Å². The second-order valence-corrected chi connectivity index (χ2v) is 4.49. The lowest BCUT2D eigenvalue weighted by atomic mass is 10.2. The van der Waals surface area contributed by atoms with Gasteiger partial charge < -0.3 is 14.7 Å². The highest BCUT2D eigenvalue weighted by Crippen LogP contribution is 2.08. The average Bonchev–Trinajstić information content (AvgIpc) is 2.46. The van der Waals surface area contributed by atoms with E-state index in [0.717, 1.165) is 0 Å². The Morgan fingerprint density at radius 3 is 2.48 bits per heavy atom. The zero-order chi connectivity index (χ0) is 15.7. The van der Waals surface area contributed by atoms with Gasteiger partial charge in [-0.15, -0.1) is 0 Å². The van der Waals surface area contributed by atoms with E-state index in [4.69, 9.17) is 9.84 Å². The third-order valence-corrected chi connectivity index (χ3v) is 2.89. The molecule has 0 saturated heterocycles. The summed E-state index contributed by atoms with van der Waals surface area (Å²) in [5.74, 6) is -1.68. The molecule has 1 amide bonds. The fourth-order valence-corrected chi connectivity index (χ4v) is 1.82. The van der Waals surface area contributed by atoms with Crippen LogP contribution in [0.3, 0.4) is 0 Å². The predicted molar refractivity (Wildman–Crippen MR) is 75.7 cm³/mol. The quantitative estimate of drug-likeness (QED) is 0.709. The van der Waals surface area contributed by atoms with Gasteiger partial charge in [-0.25, -0.2) is 4.39 Å².